The highest BCUT2D eigenvalue weighted by Crippen LogP contribution is 2.16. The summed E-state index contributed by atoms with van der Waals surface area (Å²) < 4.78 is 0. The highest BCUT2D eigenvalue weighted by Gasteiger charge is 2.33. The molecule has 2 aliphatic rings. The summed E-state index contributed by atoms with van der Waals surface area (Å²) in [7, 11) is 0. The van der Waals surface area contributed by atoms with Crippen LogP contribution in [0.5, 0.6) is 0 Å². The van der Waals surface area contributed by atoms with Crippen molar-refractivity contribution in [3.05, 3.63) is 0 Å². The maximum absolute atomic E-state index is 11.7. The zero-order valence-corrected chi connectivity index (χ0v) is 8.58. The van der Waals surface area contributed by atoms with Gasteiger partial charge in [0, 0.05) is 5.92 Å². The molecule has 3 N–H and O–H groups in total. The number of hydrogen-bond acceptors (Lipinski definition) is 4. The minimum atomic E-state index is -0.534. The van der Waals surface area contributed by atoms with Gasteiger partial charge in [-0.05, 0) is 19.0 Å². The molecule has 2 fully saturated rings. The van der Waals surface area contributed by atoms with Crippen molar-refractivity contribution in [1.29, 1.82) is 0 Å². The molecule has 0 aromatic heterocycles. The minimum absolute atomic E-state index is 0.0559. The number of hydroxylamine groups is 1. The molecule has 2 saturated heterocycles. The monoisotopic (exact) mass is 213 g/mol. The van der Waals surface area contributed by atoms with Crippen LogP contribution in [0.15, 0.2) is 0 Å². The third-order valence-electron chi connectivity index (χ3n) is 2.99. The van der Waals surface area contributed by atoms with Crippen LogP contribution in [-0.4, -0.2) is 37.6 Å². The van der Waals surface area contributed by atoms with Crippen molar-refractivity contribution >= 4 is 11.8 Å². The Morgan fingerprint density at radius 3 is 2.80 bits per heavy atom. The molecule has 6 heteroatoms. The van der Waals surface area contributed by atoms with Gasteiger partial charge < -0.3 is 10.6 Å². The predicted molar refractivity (Wildman–Crippen MR) is 51.5 cm³/mol. The second kappa shape index (κ2) is 4.16. The second-order valence-electron chi connectivity index (χ2n) is 4.05. The quantitative estimate of drug-likeness (QED) is 0.527. The standard InChI is InChI=1S/C9H15N3O3/c1-5(6-2-10-3-6)8(13)11-7-4-15-12-9(7)14/h5-7,10H,2-4H2,1H3,(H,11,13)(H,12,14)/t5?,7-/m1/s1. The summed E-state index contributed by atoms with van der Waals surface area (Å²) in [5.41, 5.74) is 2.21. The molecule has 2 rings (SSSR count). The molecule has 2 heterocycles. The molecule has 2 amide bonds. The van der Waals surface area contributed by atoms with Gasteiger partial charge in [-0.25, -0.2) is 5.48 Å². The summed E-state index contributed by atoms with van der Waals surface area (Å²) in [6.45, 7) is 3.85. The van der Waals surface area contributed by atoms with Crippen molar-refractivity contribution in [2.45, 2.75) is 13.0 Å². The van der Waals surface area contributed by atoms with Crippen LogP contribution in [0, 0.1) is 11.8 Å². The Balaban J connectivity index is 1.82. The lowest BCUT2D eigenvalue weighted by Gasteiger charge is -2.32. The van der Waals surface area contributed by atoms with Gasteiger partial charge in [-0.1, -0.05) is 6.92 Å². The van der Waals surface area contributed by atoms with Gasteiger partial charge >= 0.3 is 0 Å². The maximum Gasteiger partial charge on any atom is 0.268 e. The van der Waals surface area contributed by atoms with E-state index in [-0.39, 0.29) is 24.3 Å². The molecule has 84 valence electrons. The topological polar surface area (TPSA) is 79.5 Å². The van der Waals surface area contributed by atoms with E-state index in [0.717, 1.165) is 13.1 Å². The fourth-order valence-corrected chi connectivity index (χ4v) is 1.63. The zero-order valence-electron chi connectivity index (χ0n) is 8.58. The normalized spacial score (nSPS) is 28.1. The lowest BCUT2D eigenvalue weighted by molar-refractivity contribution is -0.131. The zero-order chi connectivity index (χ0) is 10.8. The molecular weight excluding hydrogens is 198 g/mol. The van der Waals surface area contributed by atoms with Crippen molar-refractivity contribution in [3.63, 3.8) is 0 Å². The fraction of sp³-hybridized carbons (Fsp3) is 0.778. The van der Waals surface area contributed by atoms with Crippen LogP contribution >= 0.6 is 0 Å². The summed E-state index contributed by atoms with van der Waals surface area (Å²) in [5.74, 6) is -0.0236. The summed E-state index contributed by atoms with van der Waals surface area (Å²) >= 11 is 0. The average molecular weight is 213 g/mol. The molecule has 0 aromatic rings. The van der Waals surface area contributed by atoms with Crippen molar-refractivity contribution in [3.8, 4) is 0 Å². The minimum Gasteiger partial charge on any atom is -0.342 e. The third kappa shape index (κ3) is 2.10. The van der Waals surface area contributed by atoms with E-state index < -0.39 is 6.04 Å². The van der Waals surface area contributed by atoms with Gasteiger partial charge in [0.2, 0.25) is 5.91 Å². The first kappa shape index (κ1) is 10.4. The molecule has 0 bridgehead atoms. The summed E-state index contributed by atoms with van der Waals surface area (Å²) in [6.07, 6.45) is 0. The lowest BCUT2D eigenvalue weighted by Crippen LogP contribution is -2.52. The number of nitrogens with one attached hydrogen (secondary N) is 3. The molecule has 0 saturated carbocycles. The Bertz CT molecular complexity index is 278. The second-order valence-corrected chi connectivity index (χ2v) is 4.05. The van der Waals surface area contributed by atoms with Gasteiger partial charge in [0.05, 0.1) is 0 Å². The van der Waals surface area contributed by atoms with Crippen LogP contribution in [-0.2, 0) is 14.4 Å². The number of amides is 2. The number of hydrogen-bond donors (Lipinski definition) is 3. The first-order chi connectivity index (χ1) is 7.18. The van der Waals surface area contributed by atoms with Gasteiger partial charge in [-0.15, -0.1) is 0 Å². The molecule has 0 spiro atoms. The average Bonchev–Trinajstić information content (AvgIpc) is 2.49. The van der Waals surface area contributed by atoms with Gasteiger partial charge in [-0.2, -0.15) is 0 Å². The SMILES string of the molecule is CC(C(=O)N[C@@H]1CONC1=O)C1CNC1. The highest BCUT2D eigenvalue weighted by molar-refractivity contribution is 5.89. The summed E-state index contributed by atoms with van der Waals surface area (Å²) in [5, 5.41) is 5.79. The van der Waals surface area contributed by atoms with Crippen molar-refractivity contribution < 1.29 is 14.4 Å². The maximum atomic E-state index is 11.7. The molecule has 1 unspecified atom stereocenters. The summed E-state index contributed by atoms with van der Waals surface area (Å²) in [6, 6.07) is -0.534. The molecule has 0 aromatic carbocycles. The van der Waals surface area contributed by atoms with Gasteiger partial charge in [0.1, 0.15) is 12.6 Å². The number of rotatable bonds is 3. The van der Waals surface area contributed by atoms with E-state index in [9.17, 15) is 9.59 Å². The van der Waals surface area contributed by atoms with Crippen LogP contribution in [0.25, 0.3) is 0 Å². The van der Waals surface area contributed by atoms with Crippen LogP contribution in [0.3, 0.4) is 0 Å². The first-order valence-corrected chi connectivity index (χ1v) is 5.11. The molecule has 15 heavy (non-hydrogen) atoms. The fourth-order valence-electron chi connectivity index (χ4n) is 1.63. The van der Waals surface area contributed by atoms with E-state index in [0.29, 0.717) is 5.92 Å². The Hall–Kier alpha value is -1.14. The van der Waals surface area contributed by atoms with Gasteiger partial charge in [0.15, 0.2) is 0 Å². The van der Waals surface area contributed by atoms with E-state index in [4.69, 9.17) is 4.84 Å². The Labute approximate surface area is 87.7 Å². The number of carbonyl (C=O) groups excluding carboxylic acids is 2. The van der Waals surface area contributed by atoms with E-state index in [1.54, 1.807) is 0 Å². The lowest BCUT2D eigenvalue weighted by atomic mass is 9.88. The number of carbonyl (C=O) groups is 2. The van der Waals surface area contributed by atoms with Crippen molar-refractivity contribution in [2.24, 2.45) is 11.8 Å². The molecule has 6 nitrogen and oxygen atoms in total. The predicted octanol–water partition coefficient (Wildman–Crippen LogP) is -1.61. The van der Waals surface area contributed by atoms with E-state index in [2.05, 4.69) is 16.1 Å². The molecule has 0 radical (unpaired) electrons. The Kier molecular flexibility index (Phi) is 2.88. The van der Waals surface area contributed by atoms with Crippen LogP contribution < -0.4 is 16.1 Å². The van der Waals surface area contributed by atoms with Crippen molar-refractivity contribution in [1.82, 2.24) is 16.1 Å². The molecule has 0 aliphatic carbocycles. The Morgan fingerprint density at radius 1 is 1.60 bits per heavy atom. The van der Waals surface area contributed by atoms with Gasteiger partial charge in [0.25, 0.3) is 5.91 Å². The van der Waals surface area contributed by atoms with E-state index >= 15 is 0 Å². The smallest absolute Gasteiger partial charge is 0.268 e. The molecular formula is C9H15N3O3. The molecule has 2 aliphatic heterocycles. The largest absolute Gasteiger partial charge is 0.342 e. The highest BCUT2D eigenvalue weighted by atomic mass is 16.7. The summed E-state index contributed by atoms with van der Waals surface area (Å²) in [4.78, 5) is 27.6. The van der Waals surface area contributed by atoms with Crippen molar-refractivity contribution in [2.75, 3.05) is 19.7 Å². The Morgan fingerprint density at radius 2 is 2.33 bits per heavy atom. The third-order valence-corrected chi connectivity index (χ3v) is 2.99. The van der Waals surface area contributed by atoms with E-state index in [1.165, 1.54) is 0 Å². The first-order valence-electron chi connectivity index (χ1n) is 5.11. The van der Waals surface area contributed by atoms with E-state index in [1.807, 2.05) is 6.92 Å². The van der Waals surface area contributed by atoms with Gasteiger partial charge in [-0.3, -0.25) is 14.4 Å². The molecule has 2 atom stereocenters. The van der Waals surface area contributed by atoms with Crippen LogP contribution in [0.4, 0.5) is 0 Å². The van der Waals surface area contributed by atoms with Crippen LogP contribution in [0.1, 0.15) is 6.92 Å². The van der Waals surface area contributed by atoms with Crippen LogP contribution in [0.2, 0.25) is 0 Å².